The SMILES string of the molecule is CCOCC(=O)N[C@@H](Cc1cnc2ccccc2n1)C(=O)O. The Bertz CT molecular complexity index is 675. The van der Waals surface area contributed by atoms with Gasteiger partial charge in [0.2, 0.25) is 5.91 Å². The molecule has 0 saturated carbocycles. The minimum absolute atomic E-state index is 0.0605. The monoisotopic (exact) mass is 303 g/mol. The second-order valence-electron chi connectivity index (χ2n) is 4.65. The topological polar surface area (TPSA) is 101 Å². The maximum Gasteiger partial charge on any atom is 0.326 e. The first-order chi connectivity index (χ1) is 10.6. The molecule has 0 fully saturated rings. The number of carboxylic acid groups (broad SMARTS) is 1. The molecule has 0 aliphatic rings. The normalized spacial score (nSPS) is 12.0. The van der Waals surface area contributed by atoms with Gasteiger partial charge in [0, 0.05) is 19.2 Å². The Morgan fingerprint density at radius 3 is 2.73 bits per heavy atom. The fraction of sp³-hybridized carbons (Fsp3) is 0.333. The Labute approximate surface area is 127 Å². The number of nitrogens with zero attached hydrogens (tertiary/aromatic N) is 2. The van der Waals surface area contributed by atoms with Gasteiger partial charge in [-0.3, -0.25) is 9.78 Å². The molecule has 2 rings (SSSR count). The first-order valence-corrected chi connectivity index (χ1v) is 6.90. The molecule has 7 nitrogen and oxygen atoms in total. The predicted octanol–water partition coefficient (Wildman–Crippen LogP) is 0.778. The highest BCUT2D eigenvalue weighted by molar-refractivity contribution is 5.84. The van der Waals surface area contributed by atoms with Crippen LogP contribution in [0.1, 0.15) is 12.6 Å². The number of fused-ring (bicyclic) bond motifs is 1. The van der Waals surface area contributed by atoms with Gasteiger partial charge in [0.15, 0.2) is 0 Å². The molecule has 1 aromatic carbocycles. The van der Waals surface area contributed by atoms with E-state index in [1.165, 1.54) is 6.20 Å². The largest absolute Gasteiger partial charge is 0.480 e. The summed E-state index contributed by atoms with van der Waals surface area (Å²) in [7, 11) is 0. The third-order valence-corrected chi connectivity index (χ3v) is 2.98. The van der Waals surface area contributed by atoms with Crippen molar-refractivity contribution in [3.63, 3.8) is 0 Å². The van der Waals surface area contributed by atoms with Gasteiger partial charge in [-0.15, -0.1) is 0 Å². The average molecular weight is 303 g/mol. The summed E-state index contributed by atoms with van der Waals surface area (Å²) in [4.78, 5) is 31.4. The maximum absolute atomic E-state index is 11.6. The first-order valence-electron chi connectivity index (χ1n) is 6.90. The van der Waals surface area contributed by atoms with Crippen LogP contribution in [0.2, 0.25) is 0 Å². The van der Waals surface area contributed by atoms with Crippen molar-refractivity contribution in [1.82, 2.24) is 15.3 Å². The van der Waals surface area contributed by atoms with Gasteiger partial charge < -0.3 is 15.2 Å². The quantitative estimate of drug-likeness (QED) is 0.783. The highest BCUT2D eigenvalue weighted by atomic mass is 16.5. The molecule has 2 aromatic rings. The molecule has 0 aliphatic carbocycles. The summed E-state index contributed by atoms with van der Waals surface area (Å²) in [5.41, 5.74) is 1.92. The van der Waals surface area contributed by atoms with Crippen LogP contribution in [0.5, 0.6) is 0 Å². The highest BCUT2D eigenvalue weighted by Gasteiger charge is 2.21. The molecule has 7 heteroatoms. The lowest BCUT2D eigenvalue weighted by atomic mass is 10.1. The molecule has 0 bridgehead atoms. The van der Waals surface area contributed by atoms with Crippen molar-refractivity contribution in [3.05, 3.63) is 36.2 Å². The number of hydrogen-bond acceptors (Lipinski definition) is 5. The lowest BCUT2D eigenvalue weighted by molar-refractivity contribution is -0.142. The Kier molecular flexibility index (Phi) is 5.37. The van der Waals surface area contributed by atoms with Crippen LogP contribution < -0.4 is 5.32 Å². The first kappa shape index (κ1) is 15.8. The Hall–Kier alpha value is -2.54. The number of aromatic nitrogens is 2. The van der Waals surface area contributed by atoms with Gasteiger partial charge in [-0.05, 0) is 19.1 Å². The molecule has 1 heterocycles. The third-order valence-electron chi connectivity index (χ3n) is 2.98. The number of para-hydroxylation sites is 2. The van der Waals surface area contributed by atoms with Crippen LogP contribution in [-0.2, 0) is 20.7 Å². The van der Waals surface area contributed by atoms with Crippen LogP contribution in [0, 0.1) is 0 Å². The zero-order valence-electron chi connectivity index (χ0n) is 12.2. The van der Waals surface area contributed by atoms with Crippen LogP contribution in [0.15, 0.2) is 30.5 Å². The number of aliphatic carboxylic acids is 1. The molecule has 0 aliphatic heterocycles. The number of hydrogen-bond donors (Lipinski definition) is 2. The Morgan fingerprint density at radius 1 is 1.32 bits per heavy atom. The number of rotatable bonds is 7. The van der Waals surface area contributed by atoms with Crippen molar-refractivity contribution in [1.29, 1.82) is 0 Å². The highest BCUT2D eigenvalue weighted by Crippen LogP contribution is 2.09. The van der Waals surface area contributed by atoms with Crippen molar-refractivity contribution >= 4 is 22.9 Å². The summed E-state index contributed by atoms with van der Waals surface area (Å²) in [5, 5.41) is 11.6. The maximum atomic E-state index is 11.6. The number of carboxylic acids is 1. The minimum atomic E-state index is -1.13. The second-order valence-corrected chi connectivity index (χ2v) is 4.65. The van der Waals surface area contributed by atoms with E-state index in [1.54, 1.807) is 13.0 Å². The van der Waals surface area contributed by atoms with Crippen molar-refractivity contribution in [2.24, 2.45) is 0 Å². The van der Waals surface area contributed by atoms with Crippen molar-refractivity contribution in [2.45, 2.75) is 19.4 Å². The molecule has 1 aromatic heterocycles. The van der Waals surface area contributed by atoms with Crippen LogP contribution in [0.4, 0.5) is 0 Å². The van der Waals surface area contributed by atoms with Gasteiger partial charge >= 0.3 is 5.97 Å². The van der Waals surface area contributed by atoms with E-state index in [0.29, 0.717) is 17.8 Å². The fourth-order valence-corrected chi connectivity index (χ4v) is 1.93. The molecule has 0 radical (unpaired) electrons. The number of benzene rings is 1. The molecule has 22 heavy (non-hydrogen) atoms. The van der Waals surface area contributed by atoms with Crippen LogP contribution in [-0.4, -0.2) is 46.2 Å². The zero-order chi connectivity index (χ0) is 15.9. The number of carbonyl (C=O) groups is 2. The minimum Gasteiger partial charge on any atom is -0.480 e. The summed E-state index contributed by atoms with van der Waals surface area (Å²) in [6, 6.07) is 6.24. The second kappa shape index (κ2) is 7.46. The number of amides is 1. The standard InChI is InChI=1S/C15H17N3O4/c1-2-22-9-14(19)18-13(15(20)21)7-10-8-16-11-5-3-4-6-12(11)17-10/h3-6,8,13H,2,7,9H2,1H3,(H,18,19)(H,20,21)/t13-/m0/s1. The summed E-state index contributed by atoms with van der Waals surface area (Å²) < 4.78 is 4.95. The van der Waals surface area contributed by atoms with E-state index in [-0.39, 0.29) is 13.0 Å². The van der Waals surface area contributed by atoms with Gasteiger partial charge in [0.25, 0.3) is 0 Å². The molecule has 1 atom stereocenters. The molecule has 1 amide bonds. The summed E-state index contributed by atoms with van der Waals surface area (Å²) in [6.07, 6.45) is 1.58. The van der Waals surface area contributed by atoms with Crippen molar-refractivity contribution in [2.75, 3.05) is 13.2 Å². The van der Waals surface area contributed by atoms with E-state index in [2.05, 4.69) is 15.3 Å². The molecule has 0 unspecified atom stereocenters. The van der Waals surface area contributed by atoms with Crippen LogP contribution in [0.3, 0.4) is 0 Å². The fourth-order valence-electron chi connectivity index (χ4n) is 1.93. The van der Waals surface area contributed by atoms with E-state index in [4.69, 9.17) is 4.74 Å². The van der Waals surface area contributed by atoms with Crippen LogP contribution in [0.25, 0.3) is 11.0 Å². The zero-order valence-corrected chi connectivity index (χ0v) is 12.2. The Balaban J connectivity index is 2.08. The van der Waals surface area contributed by atoms with Gasteiger partial charge in [-0.1, -0.05) is 12.1 Å². The lowest BCUT2D eigenvalue weighted by Gasteiger charge is -2.14. The molecule has 2 N–H and O–H groups in total. The average Bonchev–Trinajstić information content (AvgIpc) is 2.52. The number of carbonyl (C=O) groups excluding carboxylic acids is 1. The predicted molar refractivity (Wildman–Crippen MR) is 79.3 cm³/mol. The van der Waals surface area contributed by atoms with Gasteiger partial charge in [0.05, 0.1) is 16.7 Å². The van der Waals surface area contributed by atoms with E-state index >= 15 is 0 Å². The molecule has 116 valence electrons. The van der Waals surface area contributed by atoms with Crippen LogP contribution >= 0.6 is 0 Å². The third kappa shape index (κ3) is 4.23. The molecule has 0 saturated heterocycles. The molecule has 0 spiro atoms. The molecular weight excluding hydrogens is 286 g/mol. The number of nitrogens with one attached hydrogen (secondary N) is 1. The Morgan fingerprint density at radius 2 is 2.05 bits per heavy atom. The summed E-state index contributed by atoms with van der Waals surface area (Å²) in [5.74, 6) is -1.59. The smallest absolute Gasteiger partial charge is 0.326 e. The summed E-state index contributed by atoms with van der Waals surface area (Å²) >= 11 is 0. The van der Waals surface area contributed by atoms with E-state index in [0.717, 1.165) is 5.52 Å². The van der Waals surface area contributed by atoms with Gasteiger partial charge in [-0.25, -0.2) is 9.78 Å². The van der Waals surface area contributed by atoms with E-state index in [9.17, 15) is 14.7 Å². The van der Waals surface area contributed by atoms with Crippen molar-refractivity contribution < 1.29 is 19.4 Å². The molecular formula is C15H17N3O4. The summed E-state index contributed by atoms with van der Waals surface area (Å²) in [6.45, 7) is 1.98. The van der Waals surface area contributed by atoms with Gasteiger partial charge in [0.1, 0.15) is 12.6 Å². The van der Waals surface area contributed by atoms with E-state index in [1.807, 2.05) is 18.2 Å². The van der Waals surface area contributed by atoms with Gasteiger partial charge in [-0.2, -0.15) is 0 Å². The lowest BCUT2D eigenvalue weighted by Crippen LogP contribution is -2.44. The van der Waals surface area contributed by atoms with Crippen molar-refractivity contribution in [3.8, 4) is 0 Å². The van der Waals surface area contributed by atoms with E-state index < -0.39 is 17.9 Å². The number of ether oxygens (including phenoxy) is 1.